The predicted molar refractivity (Wildman–Crippen MR) is 120 cm³/mol. The maximum Gasteiger partial charge on any atom is 0.295 e. The molecule has 2 aliphatic rings. The molecule has 4 rings (SSSR count). The lowest BCUT2D eigenvalue weighted by Crippen LogP contribution is -2.40. The zero-order chi connectivity index (χ0) is 22.8. The average molecular weight is 438 g/mol. The van der Waals surface area contributed by atoms with Gasteiger partial charge in [-0.05, 0) is 57.0 Å². The molecule has 2 fully saturated rings. The van der Waals surface area contributed by atoms with E-state index in [1.54, 1.807) is 42.5 Å². The van der Waals surface area contributed by atoms with Gasteiger partial charge in [-0.3, -0.25) is 9.59 Å². The summed E-state index contributed by atoms with van der Waals surface area (Å²) in [5.41, 5.74) is 0.533. The van der Waals surface area contributed by atoms with Gasteiger partial charge in [-0.15, -0.1) is 0 Å². The third-order valence-electron chi connectivity index (χ3n) is 6.15. The predicted octanol–water partition coefficient (Wildman–Crippen LogP) is 5.37. The van der Waals surface area contributed by atoms with Crippen LogP contribution in [0.5, 0.6) is 5.75 Å². The van der Waals surface area contributed by atoms with E-state index in [4.69, 9.17) is 4.74 Å². The number of benzene rings is 2. The molecule has 0 bridgehead atoms. The minimum atomic E-state index is -0.953. The first-order valence-corrected chi connectivity index (χ1v) is 11.2. The Morgan fingerprint density at radius 3 is 2.31 bits per heavy atom. The molecule has 1 aliphatic carbocycles. The lowest BCUT2D eigenvalue weighted by molar-refractivity contribution is -0.141. The van der Waals surface area contributed by atoms with Gasteiger partial charge in [0.25, 0.3) is 11.7 Å². The zero-order valence-corrected chi connectivity index (χ0v) is 18.4. The Hall–Kier alpha value is -3.15. The number of ketones is 1. The number of aliphatic hydroxyl groups is 1. The lowest BCUT2D eigenvalue weighted by Gasteiger charge is -2.35. The van der Waals surface area contributed by atoms with Gasteiger partial charge in [-0.25, -0.2) is 4.39 Å². The Bertz CT molecular complexity index is 1040. The van der Waals surface area contributed by atoms with E-state index in [-0.39, 0.29) is 29.0 Å². The van der Waals surface area contributed by atoms with E-state index in [9.17, 15) is 19.1 Å². The molecule has 1 N–H and O–H groups in total. The van der Waals surface area contributed by atoms with Gasteiger partial charge >= 0.3 is 0 Å². The summed E-state index contributed by atoms with van der Waals surface area (Å²) in [5, 5.41) is 11.1. The van der Waals surface area contributed by atoms with Crippen LogP contribution in [0.1, 0.15) is 63.1 Å². The van der Waals surface area contributed by atoms with Gasteiger partial charge in [-0.2, -0.15) is 0 Å². The number of hydrogen-bond donors (Lipinski definition) is 1. The van der Waals surface area contributed by atoms with Crippen LogP contribution in [-0.4, -0.2) is 33.8 Å². The Kier molecular flexibility index (Phi) is 6.31. The second kappa shape index (κ2) is 9.15. The molecule has 5 nitrogen and oxygen atoms in total. The SMILES string of the molecule is CC(C)Oc1ccc(/C(O)=C2/C(=O)C(=O)N(C3CCCCC3)C2c2ccccc2F)cc1. The van der Waals surface area contributed by atoms with Crippen molar-refractivity contribution in [3.8, 4) is 5.75 Å². The van der Waals surface area contributed by atoms with Crippen LogP contribution >= 0.6 is 0 Å². The van der Waals surface area contributed by atoms with Gasteiger partial charge in [0.1, 0.15) is 17.3 Å². The molecule has 1 heterocycles. The largest absolute Gasteiger partial charge is 0.507 e. The highest BCUT2D eigenvalue weighted by Crippen LogP contribution is 2.43. The number of halogens is 1. The molecule has 1 saturated carbocycles. The quantitative estimate of drug-likeness (QED) is 0.388. The standard InChI is InChI=1S/C26H28FNO4/c1-16(2)32-19-14-12-17(13-15-19)24(29)22-23(20-10-6-7-11-21(20)27)28(26(31)25(22)30)18-8-4-3-5-9-18/h6-7,10-16,18,23,29H,3-5,8-9H2,1-2H3/b24-22-. The summed E-state index contributed by atoms with van der Waals surface area (Å²) in [6, 6.07) is 11.7. The number of ether oxygens (including phenoxy) is 1. The molecule has 1 atom stereocenters. The van der Waals surface area contributed by atoms with Crippen molar-refractivity contribution in [1.29, 1.82) is 0 Å². The zero-order valence-electron chi connectivity index (χ0n) is 18.4. The summed E-state index contributed by atoms with van der Waals surface area (Å²) in [4.78, 5) is 27.7. The van der Waals surface area contributed by atoms with Crippen LogP contribution < -0.4 is 4.74 Å². The third kappa shape index (κ3) is 4.14. The molecule has 2 aromatic carbocycles. The normalized spacial score (nSPS) is 21.4. The van der Waals surface area contributed by atoms with Crippen molar-refractivity contribution >= 4 is 17.4 Å². The molecular weight excluding hydrogens is 409 g/mol. The average Bonchev–Trinajstić information content (AvgIpc) is 3.05. The fraction of sp³-hybridized carbons (Fsp3) is 0.385. The van der Waals surface area contributed by atoms with E-state index in [0.29, 0.717) is 11.3 Å². The molecule has 168 valence electrons. The van der Waals surface area contributed by atoms with Crippen LogP contribution in [0.4, 0.5) is 4.39 Å². The molecule has 6 heteroatoms. The fourth-order valence-corrected chi connectivity index (χ4v) is 4.71. The van der Waals surface area contributed by atoms with Crippen molar-refractivity contribution in [2.75, 3.05) is 0 Å². The van der Waals surface area contributed by atoms with Gasteiger partial charge in [0.05, 0.1) is 17.7 Å². The summed E-state index contributed by atoms with van der Waals surface area (Å²) < 4.78 is 20.5. The number of carbonyl (C=O) groups excluding carboxylic acids is 2. The molecule has 1 unspecified atom stereocenters. The highest BCUT2D eigenvalue weighted by molar-refractivity contribution is 6.46. The number of Topliss-reactive ketones (excluding diaryl/α,β-unsaturated/α-hetero) is 1. The Balaban J connectivity index is 1.81. The van der Waals surface area contributed by atoms with E-state index in [2.05, 4.69) is 0 Å². The molecule has 0 spiro atoms. The Labute approximate surface area is 187 Å². The van der Waals surface area contributed by atoms with Crippen LogP contribution in [0.15, 0.2) is 54.1 Å². The minimum absolute atomic E-state index is 0.00341. The van der Waals surface area contributed by atoms with E-state index in [1.807, 2.05) is 13.8 Å². The lowest BCUT2D eigenvalue weighted by atomic mass is 9.90. The molecule has 0 radical (unpaired) electrons. The number of rotatable bonds is 5. The number of amides is 1. The molecule has 2 aromatic rings. The molecule has 1 amide bonds. The van der Waals surface area contributed by atoms with Gasteiger partial charge in [0.2, 0.25) is 0 Å². The monoisotopic (exact) mass is 437 g/mol. The van der Waals surface area contributed by atoms with E-state index < -0.39 is 23.5 Å². The van der Waals surface area contributed by atoms with Crippen molar-refractivity contribution in [3.63, 3.8) is 0 Å². The van der Waals surface area contributed by atoms with Gasteiger partial charge in [-0.1, -0.05) is 37.5 Å². The van der Waals surface area contributed by atoms with Gasteiger partial charge < -0.3 is 14.7 Å². The number of nitrogens with zero attached hydrogens (tertiary/aromatic N) is 1. The Morgan fingerprint density at radius 2 is 1.69 bits per heavy atom. The topological polar surface area (TPSA) is 66.8 Å². The van der Waals surface area contributed by atoms with Crippen molar-refractivity contribution in [2.45, 2.75) is 64.1 Å². The third-order valence-corrected chi connectivity index (χ3v) is 6.15. The summed E-state index contributed by atoms with van der Waals surface area (Å²) in [7, 11) is 0. The summed E-state index contributed by atoms with van der Waals surface area (Å²) in [6.07, 6.45) is 4.51. The second-order valence-corrected chi connectivity index (χ2v) is 8.71. The van der Waals surface area contributed by atoms with Crippen molar-refractivity contribution in [3.05, 3.63) is 71.0 Å². The summed E-state index contributed by atoms with van der Waals surface area (Å²) in [6.45, 7) is 3.82. The van der Waals surface area contributed by atoms with Gasteiger partial charge in [0.15, 0.2) is 0 Å². The van der Waals surface area contributed by atoms with Crippen LogP contribution in [-0.2, 0) is 9.59 Å². The number of likely N-dealkylation sites (tertiary alicyclic amines) is 1. The van der Waals surface area contributed by atoms with Crippen molar-refractivity contribution in [1.82, 2.24) is 4.90 Å². The molecule has 1 saturated heterocycles. The number of hydrogen-bond acceptors (Lipinski definition) is 4. The van der Waals surface area contributed by atoms with Crippen LogP contribution in [0.3, 0.4) is 0 Å². The smallest absolute Gasteiger partial charge is 0.295 e. The molecule has 0 aromatic heterocycles. The van der Waals surface area contributed by atoms with Crippen LogP contribution in [0.25, 0.3) is 5.76 Å². The van der Waals surface area contributed by atoms with Crippen molar-refractivity contribution < 1.29 is 23.8 Å². The number of aliphatic hydroxyl groups excluding tert-OH is 1. The van der Waals surface area contributed by atoms with Crippen molar-refractivity contribution in [2.24, 2.45) is 0 Å². The first-order valence-electron chi connectivity index (χ1n) is 11.2. The minimum Gasteiger partial charge on any atom is -0.507 e. The van der Waals surface area contributed by atoms with E-state index in [1.165, 1.54) is 11.0 Å². The molecule has 32 heavy (non-hydrogen) atoms. The van der Waals surface area contributed by atoms with Gasteiger partial charge in [0, 0.05) is 17.2 Å². The molecular formula is C26H28FNO4. The fourth-order valence-electron chi connectivity index (χ4n) is 4.71. The number of carbonyl (C=O) groups is 2. The first kappa shape index (κ1) is 22.1. The summed E-state index contributed by atoms with van der Waals surface area (Å²) >= 11 is 0. The van der Waals surface area contributed by atoms with Crippen LogP contribution in [0.2, 0.25) is 0 Å². The second-order valence-electron chi connectivity index (χ2n) is 8.71. The van der Waals surface area contributed by atoms with E-state index >= 15 is 0 Å². The van der Waals surface area contributed by atoms with Crippen LogP contribution in [0, 0.1) is 5.82 Å². The van der Waals surface area contributed by atoms with E-state index in [0.717, 1.165) is 32.1 Å². The molecule has 1 aliphatic heterocycles. The Morgan fingerprint density at radius 1 is 1.03 bits per heavy atom. The summed E-state index contributed by atoms with van der Waals surface area (Å²) in [5.74, 6) is -1.63. The maximum absolute atomic E-state index is 14.9. The highest BCUT2D eigenvalue weighted by atomic mass is 19.1. The first-order chi connectivity index (χ1) is 15.4. The highest BCUT2D eigenvalue weighted by Gasteiger charge is 2.49. The maximum atomic E-state index is 14.9.